The Bertz CT molecular complexity index is 3510. The minimum absolute atomic E-state index is 0.00122. The van der Waals surface area contributed by atoms with Crippen molar-refractivity contribution in [3.63, 3.8) is 0 Å². The summed E-state index contributed by atoms with van der Waals surface area (Å²) in [4.78, 5) is 0. The normalized spacial score (nSPS) is 15.4. The van der Waals surface area contributed by atoms with Crippen molar-refractivity contribution in [1.82, 2.24) is 0 Å². The summed E-state index contributed by atoms with van der Waals surface area (Å²) in [5.41, 5.74) is 1.96. The van der Waals surface area contributed by atoms with Crippen LogP contribution in [0.2, 0.25) is 0 Å². The van der Waals surface area contributed by atoms with Crippen LogP contribution in [0.15, 0.2) is 186 Å². The van der Waals surface area contributed by atoms with Crippen LogP contribution in [-0.4, -0.2) is 0 Å². The standard InChI is InChI=1S/C48H30O/c1-3-16-31(17-4-1)35-28-15-29-42-46(48(49-47(35)42)43-30-33-20-7-8-21-34(33)36-22-9-10-23-37(36)43)45-40-26-13-11-24-38(40)44(32-18-5-2-6-19-32)39-25-12-14-27-41(39)45/h1-30H/i2D,5D,6D,11D,12D,13D,14D,18D,19D,24D,25D,26D,27D. The fraction of sp³-hybridized carbons (Fsp3) is 0. The number of hydrogen-bond acceptors (Lipinski definition) is 1. The predicted molar refractivity (Wildman–Crippen MR) is 208 cm³/mol. The van der Waals surface area contributed by atoms with E-state index in [2.05, 4.69) is 0 Å². The van der Waals surface area contributed by atoms with Gasteiger partial charge in [0.15, 0.2) is 0 Å². The average molecular weight is 636 g/mol. The molecule has 0 fully saturated rings. The van der Waals surface area contributed by atoms with E-state index in [0.717, 1.165) is 27.1 Å². The van der Waals surface area contributed by atoms with E-state index in [9.17, 15) is 5.48 Å². The van der Waals surface area contributed by atoms with Gasteiger partial charge in [-0.25, -0.2) is 0 Å². The SMILES string of the molecule is [2H]c1c([2H])c([2H])c(-c2c3c([2H])c([2H])c([2H])c([2H])c3c(-c3c(-c4cc5ccccc5c5ccccc45)oc4c(-c5ccccc5)cccc34)c3c([2H])c([2H])c([2H])c([2H])c23)c([2H])c1[2H]. The quantitative estimate of drug-likeness (QED) is 0.139. The second-order valence-corrected chi connectivity index (χ2v) is 11.8. The third-order valence-electron chi connectivity index (χ3n) is 9.19. The summed E-state index contributed by atoms with van der Waals surface area (Å²) in [5, 5.41) is 3.03. The van der Waals surface area contributed by atoms with E-state index in [1.54, 1.807) is 6.07 Å². The van der Waals surface area contributed by atoms with Gasteiger partial charge in [-0.3, -0.25) is 0 Å². The molecule has 228 valence electrons. The van der Waals surface area contributed by atoms with Crippen LogP contribution < -0.4 is 0 Å². The molecule has 1 heteroatoms. The number of benzene rings is 9. The maximum absolute atomic E-state index is 9.64. The van der Waals surface area contributed by atoms with E-state index in [-0.39, 0.29) is 44.0 Å². The van der Waals surface area contributed by atoms with Gasteiger partial charge in [0, 0.05) is 27.6 Å². The summed E-state index contributed by atoms with van der Waals surface area (Å²) >= 11 is 0. The first kappa shape index (κ1) is 17.6. The van der Waals surface area contributed by atoms with Gasteiger partial charge >= 0.3 is 0 Å². The van der Waals surface area contributed by atoms with Crippen LogP contribution in [0, 0.1) is 0 Å². The van der Waals surface area contributed by atoms with Crippen LogP contribution in [0.4, 0.5) is 0 Å². The van der Waals surface area contributed by atoms with Gasteiger partial charge in [-0.1, -0.05) is 176 Å². The molecule has 0 aliphatic carbocycles. The number of hydrogen-bond donors (Lipinski definition) is 0. The summed E-state index contributed by atoms with van der Waals surface area (Å²) in [6.45, 7) is 0. The molecule has 9 aromatic carbocycles. The maximum Gasteiger partial charge on any atom is 0.143 e. The van der Waals surface area contributed by atoms with E-state index < -0.39 is 84.1 Å². The smallest absolute Gasteiger partial charge is 0.143 e. The monoisotopic (exact) mass is 635 g/mol. The van der Waals surface area contributed by atoms with Crippen molar-refractivity contribution in [2.75, 3.05) is 0 Å². The molecule has 0 saturated heterocycles. The van der Waals surface area contributed by atoms with Crippen molar-refractivity contribution < 1.29 is 22.2 Å². The fourth-order valence-corrected chi connectivity index (χ4v) is 7.14. The van der Waals surface area contributed by atoms with E-state index in [4.69, 9.17) is 16.8 Å². The molecule has 0 aliphatic rings. The van der Waals surface area contributed by atoms with Gasteiger partial charge in [0.1, 0.15) is 11.3 Å². The Labute approximate surface area is 302 Å². The Morgan fingerprint density at radius 3 is 1.65 bits per heavy atom. The number of furan rings is 1. The summed E-state index contributed by atoms with van der Waals surface area (Å²) in [6.07, 6.45) is 0. The Morgan fingerprint density at radius 1 is 0.367 bits per heavy atom. The molecule has 0 atom stereocenters. The van der Waals surface area contributed by atoms with Crippen molar-refractivity contribution in [2.45, 2.75) is 0 Å². The molecule has 0 saturated carbocycles. The number of rotatable bonds is 4. The van der Waals surface area contributed by atoms with Gasteiger partial charge in [-0.15, -0.1) is 0 Å². The molecule has 0 radical (unpaired) electrons. The van der Waals surface area contributed by atoms with Crippen LogP contribution in [-0.2, 0) is 0 Å². The summed E-state index contributed by atoms with van der Waals surface area (Å²) in [7, 11) is 0. The first-order valence-electron chi connectivity index (χ1n) is 22.3. The Hall–Kier alpha value is -6.44. The van der Waals surface area contributed by atoms with E-state index in [0.29, 0.717) is 22.1 Å². The zero-order valence-corrected chi connectivity index (χ0v) is 25.7. The Morgan fingerprint density at radius 2 is 0.939 bits per heavy atom. The lowest BCUT2D eigenvalue weighted by Crippen LogP contribution is -1.92. The molecule has 10 rings (SSSR count). The number of fused-ring (bicyclic) bond motifs is 6. The molecule has 0 aliphatic heterocycles. The van der Waals surface area contributed by atoms with Crippen molar-refractivity contribution in [1.29, 1.82) is 0 Å². The van der Waals surface area contributed by atoms with Crippen LogP contribution in [0.25, 0.3) is 98.8 Å². The average Bonchev–Trinajstić information content (AvgIpc) is 3.68. The van der Waals surface area contributed by atoms with Gasteiger partial charge < -0.3 is 4.42 Å². The van der Waals surface area contributed by atoms with Crippen molar-refractivity contribution in [2.24, 2.45) is 0 Å². The molecule has 1 heterocycles. The molecule has 0 bridgehead atoms. The molecular formula is C48H30O. The minimum Gasteiger partial charge on any atom is -0.455 e. The topological polar surface area (TPSA) is 13.1 Å². The number of para-hydroxylation sites is 1. The van der Waals surface area contributed by atoms with Crippen LogP contribution in [0.5, 0.6) is 0 Å². The van der Waals surface area contributed by atoms with E-state index in [1.165, 1.54) is 0 Å². The third kappa shape index (κ3) is 4.26. The molecule has 10 aromatic rings. The van der Waals surface area contributed by atoms with Gasteiger partial charge in [0.2, 0.25) is 0 Å². The Balaban J connectivity index is 1.54. The minimum atomic E-state index is -0.729. The second kappa shape index (κ2) is 11.1. The molecule has 0 amide bonds. The van der Waals surface area contributed by atoms with E-state index >= 15 is 0 Å². The van der Waals surface area contributed by atoms with Gasteiger partial charge in [-0.2, -0.15) is 0 Å². The van der Waals surface area contributed by atoms with Crippen LogP contribution in [0.3, 0.4) is 0 Å². The molecule has 49 heavy (non-hydrogen) atoms. The Kier molecular flexibility index (Phi) is 3.99. The summed E-state index contributed by atoms with van der Waals surface area (Å²) < 4.78 is 125. The highest BCUT2D eigenvalue weighted by atomic mass is 16.3. The van der Waals surface area contributed by atoms with Crippen LogP contribution >= 0.6 is 0 Å². The zero-order valence-electron chi connectivity index (χ0n) is 38.7. The summed E-state index contributed by atoms with van der Waals surface area (Å²) in [5.74, 6) is 0.253. The molecule has 0 N–H and O–H groups in total. The molecule has 1 nitrogen and oxygen atoms in total. The van der Waals surface area contributed by atoms with Crippen molar-refractivity contribution in [3.05, 3.63) is 182 Å². The van der Waals surface area contributed by atoms with Gasteiger partial charge in [0.25, 0.3) is 0 Å². The first-order valence-corrected chi connectivity index (χ1v) is 15.8. The highest BCUT2D eigenvalue weighted by molar-refractivity contribution is 6.26. The third-order valence-corrected chi connectivity index (χ3v) is 9.19. The van der Waals surface area contributed by atoms with Crippen LogP contribution in [0.1, 0.15) is 17.8 Å². The largest absolute Gasteiger partial charge is 0.455 e. The maximum atomic E-state index is 9.64. The highest BCUT2D eigenvalue weighted by Crippen LogP contribution is 2.52. The zero-order chi connectivity index (χ0) is 43.6. The van der Waals surface area contributed by atoms with E-state index in [1.807, 2.05) is 97.1 Å². The predicted octanol–water partition coefficient (Wildman–Crippen LogP) is 13.7. The fourth-order valence-electron chi connectivity index (χ4n) is 7.14. The van der Waals surface area contributed by atoms with Gasteiger partial charge in [0.05, 0.1) is 17.8 Å². The molecule has 0 unspecified atom stereocenters. The molecule has 0 spiro atoms. The molecule has 1 aromatic heterocycles. The lowest BCUT2D eigenvalue weighted by molar-refractivity contribution is 0.634. The summed E-state index contributed by atoms with van der Waals surface area (Å²) in [6, 6.07) is 23.9. The van der Waals surface area contributed by atoms with Crippen molar-refractivity contribution in [3.8, 4) is 44.7 Å². The lowest BCUT2D eigenvalue weighted by Gasteiger charge is -2.18. The van der Waals surface area contributed by atoms with Gasteiger partial charge in [-0.05, 0) is 65.8 Å². The first-order chi connectivity index (χ1) is 29.7. The molecular weight excluding hydrogens is 593 g/mol. The lowest BCUT2D eigenvalue weighted by atomic mass is 9.84. The highest BCUT2D eigenvalue weighted by Gasteiger charge is 2.26. The second-order valence-electron chi connectivity index (χ2n) is 11.8. The van der Waals surface area contributed by atoms with Crippen molar-refractivity contribution >= 4 is 54.1 Å².